The number of benzene rings is 2. The first kappa shape index (κ1) is 17.8. The van der Waals surface area contributed by atoms with Gasteiger partial charge in [-0.25, -0.2) is 13.8 Å². The molecule has 1 aromatic heterocycles. The van der Waals surface area contributed by atoms with Crippen LogP contribution in [0.15, 0.2) is 47.8 Å². The van der Waals surface area contributed by atoms with Gasteiger partial charge in [-0.15, -0.1) is 11.3 Å². The predicted molar refractivity (Wildman–Crippen MR) is 94.6 cm³/mol. The van der Waals surface area contributed by atoms with E-state index in [4.69, 9.17) is 9.47 Å². The van der Waals surface area contributed by atoms with Crippen LogP contribution in [0.5, 0.6) is 11.5 Å². The molecule has 1 N–H and O–H groups in total. The van der Waals surface area contributed by atoms with E-state index in [1.165, 1.54) is 24.5 Å². The fraction of sp³-hybridized carbons (Fsp3) is 0.111. The maximum atomic E-state index is 13.3. The SMILES string of the molecule is COc1ccccc1OCC(=O)Nc1nc(-c2ccc(F)c(F)c2)cs1. The van der Waals surface area contributed by atoms with Crippen molar-refractivity contribution in [3.63, 3.8) is 0 Å². The summed E-state index contributed by atoms with van der Waals surface area (Å²) >= 11 is 1.17. The number of para-hydroxylation sites is 2. The van der Waals surface area contributed by atoms with E-state index in [2.05, 4.69) is 10.3 Å². The van der Waals surface area contributed by atoms with Gasteiger partial charge < -0.3 is 9.47 Å². The topological polar surface area (TPSA) is 60.5 Å². The first-order chi connectivity index (χ1) is 12.6. The van der Waals surface area contributed by atoms with Crippen molar-refractivity contribution >= 4 is 22.4 Å². The molecule has 0 unspecified atom stereocenters. The van der Waals surface area contributed by atoms with Crippen LogP contribution >= 0.6 is 11.3 Å². The third-order valence-electron chi connectivity index (χ3n) is 3.39. The van der Waals surface area contributed by atoms with Gasteiger partial charge in [0.15, 0.2) is 34.9 Å². The zero-order valence-corrected chi connectivity index (χ0v) is 14.5. The highest BCUT2D eigenvalue weighted by atomic mass is 32.1. The summed E-state index contributed by atoms with van der Waals surface area (Å²) in [5.74, 6) is -1.30. The lowest BCUT2D eigenvalue weighted by molar-refractivity contribution is -0.118. The molecule has 26 heavy (non-hydrogen) atoms. The van der Waals surface area contributed by atoms with Crippen molar-refractivity contribution in [2.75, 3.05) is 19.0 Å². The zero-order valence-electron chi connectivity index (χ0n) is 13.7. The normalized spacial score (nSPS) is 10.4. The number of methoxy groups -OCH3 is 1. The van der Waals surface area contributed by atoms with Crippen LogP contribution in [0.1, 0.15) is 0 Å². The standard InChI is InChI=1S/C18H14F2N2O3S/c1-24-15-4-2-3-5-16(15)25-9-17(23)22-18-21-14(10-26-18)11-6-7-12(19)13(20)8-11/h2-8,10H,9H2,1H3,(H,21,22,23). The van der Waals surface area contributed by atoms with Crippen LogP contribution < -0.4 is 14.8 Å². The number of rotatable bonds is 6. The van der Waals surface area contributed by atoms with Gasteiger partial charge >= 0.3 is 0 Å². The molecule has 5 nitrogen and oxygen atoms in total. The average molecular weight is 376 g/mol. The summed E-state index contributed by atoms with van der Waals surface area (Å²) in [6.07, 6.45) is 0. The number of hydrogen-bond donors (Lipinski definition) is 1. The van der Waals surface area contributed by atoms with Crippen molar-refractivity contribution in [3.8, 4) is 22.8 Å². The number of anilines is 1. The first-order valence-corrected chi connectivity index (χ1v) is 8.41. The summed E-state index contributed by atoms with van der Waals surface area (Å²) in [5.41, 5.74) is 0.862. The van der Waals surface area contributed by atoms with Crippen molar-refractivity contribution < 1.29 is 23.0 Å². The summed E-state index contributed by atoms with van der Waals surface area (Å²) < 4.78 is 36.9. The molecular formula is C18H14F2N2O3S. The van der Waals surface area contributed by atoms with Crippen molar-refractivity contribution in [3.05, 3.63) is 59.5 Å². The van der Waals surface area contributed by atoms with Crippen molar-refractivity contribution in [1.29, 1.82) is 0 Å². The van der Waals surface area contributed by atoms with Crippen LogP contribution in [-0.4, -0.2) is 24.6 Å². The van der Waals surface area contributed by atoms with Crippen LogP contribution in [-0.2, 0) is 4.79 Å². The molecule has 0 aliphatic heterocycles. The third-order valence-corrected chi connectivity index (χ3v) is 4.15. The van der Waals surface area contributed by atoms with Crippen LogP contribution in [0.25, 0.3) is 11.3 Å². The highest BCUT2D eigenvalue weighted by molar-refractivity contribution is 7.14. The van der Waals surface area contributed by atoms with Gasteiger partial charge in [-0.3, -0.25) is 10.1 Å². The number of halogens is 2. The number of hydrogen-bond acceptors (Lipinski definition) is 5. The smallest absolute Gasteiger partial charge is 0.264 e. The maximum absolute atomic E-state index is 13.3. The number of carbonyl (C=O) groups excluding carboxylic acids is 1. The number of nitrogens with zero attached hydrogens (tertiary/aromatic N) is 1. The summed E-state index contributed by atoms with van der Waals surface area (Å²) in [7, 11) is 1.51. The van der Waals surface area contributed by atoms with Crippen molar-refractivity contribution in [2.24, 2.45) is 0 Å². The number of ether oxygens (including phenoxy) is 2. The molecule has 3 rings (SSSR count). The molecule has 3 aromatic rings. The van der Waals surface area contributed by atoms with E-state index in [1.54, 1.807) is 29.6 Å². The molecule has 0 saturated carbocycles. The Morgan fingerprint density at radius 3 is 2.65 bits per heavy atom. The molecule has 0 atom stereocenters. The van der Waals surface area contributed by atoms with E-state index in [-0.39, 0.29) is 6.61 Å². The molecule has 1 heterocycles. The Morgan fingerprint density at radius 1 is 1.15 bits per heavy atom. The molecule has 0 bridgehead atoms. The van der Waals surface area contributed by atoms with E-state index in [0.29, 0.717) is 27.9 Å². The number of thiazole rings is 1. The molecule has 8 heteroatoms. The van der Waals surface area contributed by atoms with Gasteiger partial charge in [0.1, 0.15) is 0 Å². The monoisotopic (exact) mass is 376 g/mol. The van der Waals surface area contributed by atoms with Crippen molar-refractivity contribution in [2.45, 2.75) is 0 Å². The Kier molecular flexibility index (Phi) is 5.43. The summed E-state index contributed by atoms with van der Waals surface area (Å²) in [4.78, 5) is 16.2. The lowest BCUT2D eigenvalue weighted by Gasteiger charge is -2.09. The second kappa shape index (κ2) is 7.92. The molecule has 1 amide bonds. The summed E-state index contributed by atoms with van der Waals surface area (Å²) in [6, 6.07) is 10.5. The second-order valence-electron chi connectivity index (χ2n) is 5.15. The predicted octanol–water partition coefficient (Wildman–Crippen LogP) is 4.11. The van der Waals surface area contributed by atoms with Gasteiger partial charge in [0.05, 0.1) is 12.8 Å². The largest absolute Gasteiger partial charge is 0.493 e. The molecule has 0 fully saturated rings. The van der Waals surface area contributed by atoms with Crippen LogP contribution in [0.2, 0.25) is 0 Å². The molecular weight excluding hydrogens is 362 g/mol. The van der Waals surface area contributed by atoms with Gasteiger partial charge in [0, 0.05) is 10.9 Å². The van der Waals surface area contributed by atoms with E-state index in [9.17, 15) is 13.6 Å². The minimum atomic E-state index is -0.953. The first-order valence-electron chi connectivity index (χ1n) is 7.53. The second-order valence-corrected chi connectivity index (χ2v) is 6.01. The molecule has 2 aromatic carbocycles. The molecule has 0 radical (unpaired) electrons. The maximum Gasteiger partial charge on any atom is 0.264 e. The fourth-order valence-electron chi connectivity index (χ4n) is 2.16. The molecule has 0 aliphatic carbocycles. The summed E-state index contributed by atoms with van der Waals surface area (Å²) in [5, 5.41) is 4.57. The molecule has 134 valence electrons. The third kappa shape index (κ3) is 4.15. The van der Waals surface area contributed by atoms with Gasteiger partial charge in [-0.2, -0.15) is 0 Å². The van der Waals surface area contributed by atoms with E-state index >= 15 is 0 Å². The Morgan fingerprint density at radius 2 is 1.92 bits per heavy atom. The van der Waals surface area contributed by atoms with Crippen LogP contribution in [0.3, 0.4) is 0 Å². The Hall–Kier alpha value is -3.00. The van der Waals surface area contributed by atoms with E-state index in [1.807, 2.05) is 0 Å². The van der Waals surface area contributed by atoms with Crippen LogP contribution in [0, 0.1) is 11.6 Å². The molecule has 0 spiro atoms. The number of amides is 1. The van der Waals surface area contributed by atoms with Gasteiger partial charge in [0.25, 0.3) is 5.91 Å². The number of aromatic nitrogens is 1. The molecule has 0 aliphatic rings. The Balaban J connectivity index is 1.61. The average Bonchev–Trinajstić information content (AvgIpc) is 3.11. The number of nitrogens with one attached hydrogen (secondary N) is 1. The highest BCUT2D eigenvalue weighted by Crippen LogP contribution is 2.27. The van der Waals surface area contributed by atoms with Gasteiger partial charge in [-0.05, 0) is 30.3 Å². The Labute approximate surface area is 152 Å². The minimum absolute atomic E-state index is 0.222. The highest BCUT2D eigenvalue weighted by Gasteiger charge is 2.11. The minimum Gasteiger partial charge on any atom is -0.493 e. The van der Waals surface area contributed by atoms with E-state index in [0.717, 1.165) is 12.1 Å². The van der Waals surface area contributed by atoms with Crippen molar-refractivity contribution in [1.82, 2.24) is 4.98 Å². The van der Waals surface area contributed by atoms with Crippen LogP contribution in [0.4, 0.5) is 13.9 Å². The molecule has 0 saturated heterocycles. The fourth-order valence-corrected chi connectivity index (χ4v) is 2.89. The van der Waals surface area contributed by atoms with Gasteiger partial charge in [0.2, 0.25) is 0 Å². The number of carbonyl (C=O) groups is 1. The quantitative estimate of drug-likeness (QED) is 0.703. The van der Waals surface area contributed by atoms with Gasteiger partial charge in [-0.1, -0.05) is 12.1 Å². The Bertz CT molecular complexity index is 930. The summed E-state index contributed by atoms with van der Waals surface area (Å²) in [6.45, 7) is -0.222. The lowest BCUT2D eigenvalue weighted by atomic mass is 10.2. The lowest BCUT2D eigenvalue weighted by Crippen LogP contribution is -2.20. The zero-order chi connectivity index (χ0) is 18.5. The van der Waals surface area contributed by atoms with E-state index < -0.39 is 17.5 Å².